The van der Waals surface area contributed by atoms with Gasteiger partial charge < -0.3 is 9.40 Å². The molecule has 1 aliphatic carbocycles. The van der Waals surface area contributed by atoms with Crippen LogP contribution in [0.2, 0.25) is 0 Å². The van der Waals surface area contributed by atoms with Gasteiger partial charge in [0, 0.05) is 4.88 Å². The second-order valence-electron chi connectivity index (χ2n) is 7.21. The quantitative estimate of drug-likeness (QED) is 0.446. The van der Waals surface area contributed by atoms with E-state index in [4.69, 9.17) is 4.42 Å². The SMILES string of the molecule is CCS(=O)(=O)c1ccc2oc(SCc3nc4sc5c(c4c(=O)[nH]3)CCCC5)nc2c1. The summed E-state index contributed by atoms with van der Waals surface area (Å²) >= 11 is 2.94. The van der Waals surface area contributed by atoms with E-state index < -0.39 is 9.84 Å². The van der Waals surface area contributed by atoms with Crippen molar-refractivity contribution >= 4 is 54.3 Å². The molecule has 0 aliphatic heterocycles. The van der Waals surface area contributed by atoms with Crippen molar-refractivity contribution in [2.45, 2.75) is 48.5 Å². The number of aromatic amines is 1. The number of thioether (sulfide) groups is 1. The molecular formula is C20H19N3O4S3. The predicted molar refractivity (Wildman–Crippen MR) is 118 cm³/mol. The molecule has 0 unspecified atom stereocenters. The lowest BCUT2D eigenvalue weighted by molar-refractivity contribution is 0.489. The van der Waals surface area contributed by atoms with E-state index in [1.807, 2.05) is 0 Å². The number of hydrogen-bond acceptors (Lipinski definition) is 8. The minimum Gasteiger partial charge on any atom is -0.431 e. The van der Waals surface area contributed by atoms with E-state index >= 15 is 0 Å². The number of fused-ring (bicyclic) bond motifs is 4. The van der Waals surface area contributed by atoms with Gasteiger partial charge in [-0.3, -0.25) is 4.79 Å². The lowest BCUT2D eigenvalue weighted by atomic mass is 9.97. The van der Waals surface area contributed by atoms with E-state index in [0.29, 0.717) is 27.9 Å². The van der Waals surface area contributed by atoms with Crippen LogP contribution >= 0.6 is 23.1 Å². The van der Waals surface area contributed by atoms with Gasteiger partial charge in [0.2, 0.25) is 0 Å². The Morgan fingerprint density at radius 2 is 2.07 bits per heavy atom. The Balaban J connectivity index is 1.41. The number of nitrogens with one attached hydrogen (secondary N) is 1. The van der Waals surface area contributed by atoms with Gasteiger partial charge in [0.25, 0.3) is 10.8 Å². The van der Waals surface area contributed by atoms with Crippen LogP contribution in [0.1, 0.15) is 36.0 Å². The van der Waals surface area contributed by atoms with Gasteiger partial charge in [0.05, 0.1) is 21.8 Å². The van der Waals surface area contributed by atoms with E-state index in [2.05, 4.69) is 15.0 Å². The van der Waals surface area contributed by atoms with Crippen LogP contribution in [-0.2, 0) is 28.4 Å². The fourth-order valence-corrected chi connectivity index (χ4v) is 6.60. The van der Waals surface area contributed by atoms with Crippen molar-refractivity contribution in [1.82, 2.24) is 15.0 Å². The van der Waals surface area contributed by atoms with Gasteiger partial charge in [-0.1, -0.05) is 18.7 Å². The van der Waals surface area contributed by atoms with E-state index in [-0.39, 0.29) is 16.2 Å². The number of nitrogens with zero attached hydrogens (tertiary/aromatic N) is 2. The first-order valence-electron chi connectivity index (χ1n) is 9.74. The molecule has 0 radical (unpaired) electrons. The summed E-state index contributed by atoms with van der Waals surface area (Å²) in [7, 11) is -3.30. The van der Waals surface area contributed by atoms with Crippen LogP contribution in [0, 0.1) is 0 Å². The lowest BCUT2D eigenvalue weighted by Gasteiger charge is -2.09. The highest BCUT2D eigenvalue weighted by Gasteiger charge is 2.20. The predicted octanol–water partition coefficient (Wildman–Crippen LogP) is 4.09. The van der Waals surface area contributed by atoms with E-state index in [9.17, 15) is 13.2 Å². The van der Waals surface area contributed by atoms with E-state index in [0.717, 1.165) is 29.5 Å². The Morgan fingerprint density at radius 1 is 1.23 bits per heavy atom. The number of aryl methyl sites for hydroxylation is 2. The molecule has 0 saturated carbocycles. The van der Waals surface area contributed by atoms with Crippen molar-refractivity contribution in [1.29, 1.82) is 0 Å². The van der Waals surface area contributed by atoms with Crippen LogP contribution in [-0.4, -0.2) is 29.1 Å². The van der Waals surface area contributed by atoms with Gasteiger partial charge in [-0.15, -0.1) is 11.3 Å². The zero-order chi connectivity index (χ0) is 20.9. The standard InChI is InChI=1S/C20H19N3O4S3/c1-2-30(25,26)11-7-8-14-13(9-11)21-20(27-14)28-10-16-22-18(24)17-12-5-3-4-6-15(12)29-19(17)23-16/h7-9H,2-6,10H2,1H3,(H,22,23,24). The molecule has 156 valence electrons. The number of rotatable bonds is 5. The monoisotopic (exact) mass is 461 g/mol. The molecule has 0 amide bonds. The Hall–Kier alpha value is -2.17. The van der Waals surface area contributed by atoms with Crippen molar-refractivity contribution in [3.63, 3.8) is 0 Å². The van der Waals surface area contributed by atoms with Crippen molar-refractivity contribution in [2.24, 2.45) is 0 Å². The Kier molecular flexibility index (Phi) is 4.95. The maximum atomic E-state index is 12.7. The van der Waals surface area contributed by atoms with Gasteiger partial charge >= 0.3 is 0 Å². The molecule has 0 bridgehead atoms. The first-order valence-corrected chi connectivity index (χ1v) is 13.2. The highest BCUT2D eigenvalue weighted by Crippen LogP contribution is 2.34. The number of aromatic nitrogens is 3. The Bertz CT molecular complexity index is 1430. The molecule has 1 N–H and O–H groups in total. The van der Waals surface area contributed by atoms with Crippen LogP contribution in [0.5, 0.6) is 0 Å². The first-order chi connectivity index (χ1) is 14.4. The zero-order valence-electron chi connectivity index (χ0n) is 16.2. The smallest absolute Gasteiger partial charge is 0.259 e. The Labute approximate surface area is 180 Å². The summed E-state index contributed by atoms with van der Waals surface area (Å²) in [6.45, 7) is 1.61. The van der Waals surface area contributed by atoms with Gasteiger partial charge in [-0.25, -0.2) is 18.4 Å². The zero-order valence-corrected chi connectivity index (χ0v) is 18.7. The van der Waals surface area contributed by atoms with Crippen LogP contribution in [0.15, 0.2) is 37.5 Å². The van der Waals surface area contributed by atoms with Crippen LogP contribution in [0.4, 0.5) is 0 Å². The van der Waals surface area contributed by atoms with Crippen molar-refractivity contribution < 1.29 is 12.8 Å². The fraction of sp³-hybridized carbons (Fsp3) is 0.350. The normalized spacial score (nSPS) is 14.4. The van der Waals surface area contributed by atoms with Crippen LogP contribution in [0.3, 0.4) is 0 Å². The molecule has 3 aromatic heterocycles. The average Bonchev–Trinajstić information content (AvgIpc) is 3.32. The van der Waals surface area contributed by atoms with Crippen molar-refractivity contribution in [3.05, 3.63) is 44.8 Å². The van der Waals surface area contributed by atoms with Gasteiger partial charge in [0.15, 0.2) is 15.4 Å². The molecule has 10 heteroatoms. The molecule has 0 saturated heterocycles. The summed E-state index contributed by atoms with van der Waals surface area (Å²) in [5.74, 6) is 1.01. The van der Waals surface area contributed by atoms with Gasteiger partial charge in [0.1, 0.15) is 16.2 Å². The lowest BCUT2D eigenvalue weighted by Crippen LogP contribution is -2.12. The largest absolute Gasteiger partial charge is 0.431 e. The number of thiophene rings is 1. The molecule has 7 nitrogen and oxygen atoms in total. The first kappa shape index (κ1) is 19.8. The van der Waals surface area contributed by atoms with Crippen molar-refractivity contribution in [2.75, 3.05) is 5.75 Å². The molecule has 1 aromatic carbocycles. The summed E-state index contributed by atoms with van der Waals surface area (Å²) in [4.78, 5) is 26.9. The molecule has 3 heterocycles. The summed E-state index contributed by atoms with van der Waals surface area (Å²) in [6, 6.07) is 4.69. The summed E-state index contributed by atoms with van der Waals surface area (Å²) in [6.07, 6.45) is 4.26. The van der Waals surface area contributed by atoms with Crippen molar-refractivity contribution in [3.8, 4) is 0 Å². The summed E-state index contributed by atoms with van der Waals surface area (Å²) < 4.78 is 29.9. The maximum absolute atomic E-state index is 12.7. The second-order valence-corrected chi connectivity index (χ2v) is 11.5. The fourth-order valence-electron chi connectivity index (χ4n) is 3.71. The number of hydrogen-bond donors (Lipinski definition) is 1. The third-order valence-electron chi connectivity index (χ3n) is 5.29. The van der Waals surface area contributed by atoms with E-state index in [1.54, 1.807) is 24.3 Å². The minimum absolute atomic E-state index is 0.0334. The number of benzene rings is 1. The highest BCUT2D eigenvalue weighted by molar-refractivity contribution is 7.98. The molecule has 0 atom stereocenters. The van der Waals surface area contributed by atoms with Gasteiger partial charge in [-0.2, -0.15) is 0 Å². The third-order valence-corrected chi connectivity index (χ3v) is 9.04. The van der Waals surface area contributed by atoms with Gasteiger partial charge in [-0.05, 0) is 49.4 Å². The average molecular weight is 462 g/mol. The molecule has 1 aliphatic rings. The Morgan fingerprint density at radius 3 is 2.90 bits per heavy atom. The molecule has 4 aromatic rings. The topological polar surface area (TPSA) is 106 Å². The summed E-state index contributed by atoms with van der Waals surface area (Å²) in [5, 5.41) is 1.15. The number of sulfone groups is 1. The summed E-state index contributed by atoms with van der Waals surface area (Å²) in [5.41, 5.74) is 2.11. The molecule has 5 rings (SSSR count). The minimum atomic E-state index is -3.30. The number of oxazole rings is 1. The molecular weight excluding hydrogens is 442 g/mol. The highest BCUT2D eigenvalue weighted by atomic mass is 32.2. The van der Waals surface area contributed by atoms with Crippen LogP contribution in [0.25, 0.3) is 21.3 Å². The molecule has 0 spiro atoms. The maximum Gasteiger partial charge on any atom is 0.259 e. The number of H-pyrrole nitrogens is 1. The molecule has 0 fully saturated rings. The van der Waals surface area contributed by atoms with E-state index in [1.165, 1.54) is 40.8 Å². The second kappa shape index (κ2) is 7.51. The third kappa shape index (κ3) is 3.46. The molecule has 30 heavy (non-hydrogen) atoms. The van der Waals surface area contributed by atoms with Crippen LogP contribution < -0.4 is 5.56 Å².